The molecule has 2 atom stereocenters. The number of hydrogen-bond donors (Lipinski definition) is 2. The predicted molar refractivity (Wildman–Crippen MR) is 81.5 cm³/mol. The number of benzene rings is 1. The third kappa shape index (κ3) is 3.23. The third-order valence-corrected chi connectivity index (χ3v) is 4.85. The van der Waals surface area contributed by atoms with Gasteiger partial charge in [0.1, 0.15) is 5.75 Å². The molecule has 1 aliphatic heterocycles. The van der Waals surface area contributed by atoms with Crippen molar-refractivity contribution in [1.29, 1.82) is 0 Å². The number of methoxy groups -OCH3 is 1. The monoisotopic (exact) mass is 291 g/mol. The van der Waals surface area contributed by atoms with Crippen molar-refractivity contribution in [2.45, 2.75) is 49.8 Å². The third-order valence-electron chi connectivity index (χ3n) is 4.85. The van der Waals surface area contributed by atoms with Gasteiger partial charge in [0.2, 0.25) is 0 Å². The van der Waals surface area contributed by atoms with Gasteiger partial charge in [-0.05, 0) is 49.8 Å². The van der Waals surface area contributed by atoms with E-state index in [0.717, 1.165) is 25.2 Å². The maximum Gasteiger partial charge on any atom is 0.118 e. The van der Waals surface area contributed by atoms with Crippen LogP contribution in [0.5, 0.6) is 5.75 Å². The van der Waals surface area contributed by atoms with Crippen LogP contribution in [0, 0.1) is 0 Å². The smallest absolute Gasteiger partial charge is 0.118 e. The van der Waals surface area contributed by atoms with E-state index >= 15 is 0 Å². The highest BCUT2D eigenvalue weighted by Gasteiger charge is 2.45. The van der Waals surface area contributed by atoms with Gasteiger partial charge in [-0.2, -0.15) is 0 Å². The number of aliphatic hydroxyl groups excluding tert-OH is 1. The van der Waals surface area contributed by atoms with E-state index < -0.39 is 0 Å². The Hall–Kier alpha value is -1.10. The van der Waals surface area contributed by atoms with Crippen LogP contribution in [0.3, 0.4) is 0 Å². The minimum atomic E-state index is 0.168. The Morgan fingerprint density at radius 1 is 1.38 bits per heavy atom. The highest BCUT2D eigenvalue weighted by Crippen LogP contribution is 2.43. The fourth-order valence-corrected chi connectivity index (χ4v) is 3.47. The minimum absolute atomic E-state index is 0.168. The van der Waals surface area contributed by atoms with Crippen LogP contribution in [-0.2, 0) is 4.74 Å². The van der Waals surface area contributed by atoms with Crippen molar-refractivity contribution < 1.29 is 14.6 Å². The van der Waals surface area contributed by atoms with Gasteiger partial charge in [-0.25, -0.2) is 0 Å². The number of ether oxygens (including phenoxy) is 2. The van der Waals surface area contributed by atoms with Crippen molar-refractivity contribution in [3.05, 3.63) is 29.8 Å². The van der Waals surface area contributed by atoms with Gasteiger partial charge >= 0.3 is 0 Å². The van der Waals surface area contributed by atoms with Crippen molar-refractivity contribution in [2.75, 3.05) is 20.3 Å². The zero-order valence-electron chi connectivity index (χ0n) is 12.7. The first-order valence-electron chi connectivity index (χ1n) is 7.89. The molecule has 1 spiro atoms. The SMILES string of the molecule is COc1ccc(C(CCO)NC2COC3(CCC3)C2)cc1. The summed E-state index contributed by atoms with van der Waals surface area (Å²) >= 11 is 0. The number of hydrogen-bond acceptors (Lipinski definition) is 4. The molecular formula is C17H25NO3. The van der Waals surface area contributed by atoms with Crippen molar-refractivity contribution in [3.63, 3.8) is 0 Å². The van der Waals surface area contributed by atoms with E-state index in [2.05, 4.69) is 17.4 Å². The second-order valence-electron chi connectivity index (χ2n) is 6.25. The first-order chi connectivity index (χ1) is 10.2. The normalized spacial score (nSPS) is 24.8. The van der Waals surface area contributed by atoms with Crippen LogP contribution in [-0.4, -0.2) is 37.1 Å². The van der Waals surface area contributed by atoms with Crippen LogP contribution >= 0.6 is 0 Å². The van der Waals surface area contributed by atoms with E-state index in [0.29, 0.717) is 6.04 Å². The number of rotatable bonds is 6. The Morgan fingerprint density at radius 2 is 2.14 bits per heavy atom. The van der Waals surface area contributed by atoms with E-state index in [-0.39, 0.29) is 18.2 Å². The average Bonchev–Trinajstić information content (AvgIpc) is 2.91. The van der Waals surface area contributed by atoms with Gasteiger partial charge in [-0.3, -0.25) is 0 Å². The van der Waals surface area contributed by atoms with Crippen molar-refractivity contribution in [2.24, 2.45) is 0 Å². The highest BCUT2D eigenvalue weighted by atomic mass is 16.5. The van der Waals surface area contributed by atoms with Gasteiger partial charge in [0.25, 0.3) is 0 Å². The summed E-state index contributed by atoms with van der Waals surface area (Å²) in [4.78, 5) is 0. The van der Waals surface area contributed by atoms with Gasteiger partial charge in [0.05, 0.1) is 19.3 Å². The maximum absolute atomic E-state index is 9.34. The summed E-state index contributed by atoms with van der Waals surface area (Å²) in [6.07, 6.45) is 5.53. The van der Waals surface area contributed by atoms with Crippen LogP contribution < -0.4 is 10.1 Å². The molecule has 21 heavy (non-hydrogen) atoms. The molecule has 1 heterocycles. The molecule has 3 rings (SSSR count). The Kier molecular flexibility index (Phi) is 4.48. The molecule has 1 saturated heterocycles. The van der Waals surface area contributed by atoms with Crippen LogP contribution in [0.4, 0.5) is 0 Å². The summed E-state index contributed by atoms with van der Waals surface area (Å²) in [6, 6.07) is 8.65. The molecule has 0 bridgehead atoms. The lowest BCUT2D eigenvalue weighted by Gasteiger charge is -2.37. The summed E-state index contributed by atoms with van der Waals surface area (Å²) in [7, 11) is 1.67. The van der Waals surface area contributed by atoms with E-state index in [1.165, 1.54) is 24.8 Å². The molecule has 4 nitrogen and oxygen atoms in total. The molecule has 116 valence electrons. The van der Waals surface area contributed by atoms with E-state index in [9.17, 15) is 5.11 Å². The molecule has 0 aromatic heterocycles. The van der Waals surface area contributed by atoms with Gasteiger partial charge in [-0.1, -0.05) is 12.1 Å². The van der Waals surface area contributed by atoms with Gasteiger partial charge in [0.15, 0.2) is 0 Å². The first-order valence-corrected chi connectivity index (χ1v) is 7.89. The second-order valence-corrected chi connectivity index (χ2v) is 6.25. The topological polar surface area (TPSA) is 50.7 Å². The van der Waals surface area contributed by atoms with E-state index in [1.54, 1.807) is 7.11 Å². The molecular weight excluding hydrogens is 266 g/mol. The van der Waals surface area contributed by atoms with Crippen molar-refractivity contribution in [3.8, 4) is 5.75 Å². The first kappa shape index (κ1) is 14.8. The second kappa shape index (κ2) is 6.34. The van der Waals surface area contributed by atoms with Gasteiger partial charge in [-0.15, -0.1) is 0 Å². The van der Waals surface area contributed by atoms with Crippen LogP contribution in [0.15, 0.2) is 24.3 Å². The van der Waals surface area contributed by atoms with Gasteiger partial charge in [0, 0.05) is 18.7 Å². The lowest BCUT2D eigenvalue weighted by molar-refractivity contribution is -0.0563. The number of nitrogens with one attached hydrogen (secondary N) is 1. The van der Waals surface area contributed by atoms with E-state index in [4.69, 9.17) is 9.47 Å². The maximum atomic E-state index is 9.34. The summed E-state index contributed by atoms with van der Waals surface area (Å²) in [5.74, 6) is 0.860. The summed E-state index contributed by atoms with van der Waals surface area (Å²) < 4.78 is 11.2. The number of aliphatic hydroxyl groups is 1. The molecule has 2 aliphatic rings. The van der Waals surface area contributed by atoms with Crippen LogP contribution in [0.2, 0.25) is 0 Å². The Balaban J connectivity index is 1.63. The molecule has 2 fully saturated rings. The zero-order valence-corrected chi connectivity index (χ0v) is 12.7. The standard InChI is InChI=1S/C17H25NO3/c1-20-15-5-3-13(4-6-15)16(7-10-19)18-14-11-17(21-12-14)8-2-9-17/h3-6,14,16,18-19H,2,7-12H2,1H3. The Morgan fingerprint density at radius 3 is 2.67 bits per heavy atom. The lowest BCUT2D eigenvalue weighted by atomic mass is 9.77. The molecule has 0 amide bonds. The molecule has 1 aromatic rings. The van der Waals surface area contributed by atoms with Crippen LogP contribution in [0.25, 0.3) is 0 Å². The quantitative estimate of drug-likeness (QED) is 0.845. The zero-order chi connectivity index (χ0) is 14.7. The minimum Gasteiger partial charge on any atom is -0.497 e. The van der Waals surface area contributed by atoms with Crippen LogP contribution in [0.1, 0.15) is 43.7 Å². The van der Waals surface area contributed by atoms with E-state index in [1.807, 2.05) is 12.1 Å². The summed E-state index contributed by atoms with van der Waals surface area (Å²) in [5.41, 5.74) is 1.36. The van der Waals surface area contributed by atoms with Crippen molar-refractivity contribution >= 4 is 0 Å². The van der Waals surface area contributed by atoms with Gasteiger partial charge < -0.3 is 19.9 Å². The van der Waals surface area contributed by atoms with Crippen molar-refractivity contribution in [1.82, 2.24) is 5.32 Å². The fourth-order valence-electron chi connectivity index (χ4n) is 3.47. The average molecular weight is 291 g/mol. The molecule has 0 radical (unpaired) electrons. The molecule has 1 aromatic carbocycles. The lowest BCUT2D eigenvalue weighted by Crippen LogP contribution is -2.39. The molecule has 2 N–H and O–H groups in total. The summed E-state index contributed by atoms with van der Waals surface area (Å²) in [5, 5.41) is 13.0. The largest absolute Gasteiger partial charge is 0.497 e. The fraction of sp³-hybridized carbons (Fsp3) is 0.647. The summed E-state index contributed by atoms with van der Waals surface area (Å²) in [6.45, 7) is 0.973. The molecule has 1 saturated carbocycles. The molecule has 2 unspecified atom stereocenters. The predicted octanol–water partition coefficient (Wildman–Crippen LogP) is 2.42. The Labute approximate surface area is 126 Å². The highest BCUT2D eigenvalue weighted by molar-refractivity contribution is 5.29. The molecule has 1 aliphatic carbocycles. The molecule has 4 heteroatoms. The Bertz CT molecular complexity index is 456.